The fraction of sp³-hybridized carbons (Fsp3) is 0.833. The van der Waals surface area contributed by atoms with E-state index in [2.05, 4.69) is 0 Å². The second-order valence-electron chi connectivity index (χ2n) is 5.08. The molecule has 0 amide bonds. The summed E-state index contributed by atoms with van der Waals surface area (Å²) in [6.07, 6.45) is 9.28. The number of hydrogen-bond acceptors (Lipinski definition) is 1. The lowest BCUT2D eigenvalue weighted by Crippen LogP contribution is -2.15. The van der Waals surface area contributed by atoms with Crippen LogP contribution in [0.3, 0.4) is 0 Å². The van der Waals surface area contributed by atoms with Gasteiger partial charge in [-0.15, -0.1) is 0 Å². The Morgan fingerprint density at radius 1 is 1.15 bits per heavy atom. The van der Waals surface area contributed by atoms with E-state index in [4.69, 9.17) is 4.74 Å². The van der Waals surface area contributed by atoms with Gasteiger partial charge in [0.1, 0.15) is 0 Å². The number of hydrogen-bond donors (Lipinski definition) is 0. The van der Waals surface area contributed by atoms with Crippen molar-refractivity contribution in [1.82, 2.24) is 0 Å². The maximum absolute atomic E-state index is 5.12. The van der Waals surface area contributed by atoms with Gasteiger partial charge >= 0.3 is 0 Å². The van der Waals surface area contributed by atoms with E-state index >= 15 is 0 Å². The third kappa shape index (κ3) is 1.06. The summed E-state index contributed by atoms with van der Waals surface area (Å²) < 4.78 is 5.12. The Labute approximate surface area is 80.2 Å². The van der Waals surface area contributed by atoms with E-state index in [1.54, 1.807) is 19.1 Å². The molecule has 13 heavy (non-hydrogen) atoms. The fourth-order valence-corrected chi connectivity index (χ4v) is 4.12. The number of fused-ring (bicyclic) bond motifs is 5. The third-order valence-electron chi connectivity index (χ3n) is 4.55. The Kier molecular flexibility index (Phi) is 1.68. The zero-order valence-corrected chi connectivity index (χ0v) is 8.33. The lowest BCUT2D eigenvalue weighted by molar-refractivity contribution is 0.259. The molecular weight excluding hydrogens is 160 g/mol. The average Bonchev–Trinajstić information content (AvgIpc) is 2.72. The summed E-state index contributed by atoms with van der Waals surface area (Å²) in [6.45, 7) is 0. The van der Waals surface area contributed by atoms with Gasteiger partial charge in [-0.1, -0.05) is 0 Å². The molecule has 3 aliphatic rings. The van der Waals surface area contributed by atoms with Crippen LogP contribution < -0.4 is 0 Å². The lowest BCUT2D eigenvalue weighted by Gasteiger charge is -2.23. The maximum atomic E-state index is 5.12. The predicted octanol–water partition coefficient (Wildman–Crippen LogP) is 2.97. The Bertz CT molecular complexity index is 224. The normalized spacial score (nSPS) is 50.1. The highest BCUT2D eigenvalue weighted by Crippen LogP contribution is 2.59. The van der Waals surface area contributed by atoms with Crippen LogP contribution in [0.1, 0.15) is 32.1 Å². The summed E-state index contributed by atoms with van der Waals surface area (Å²) in [4.78, 5) is 0. The molecule has 0 aromatic heterocycles. The SMILES string of the molecule is CO/C=C1\C[C@@H]2[C@H]3CC[C@H](C3)[C@@H]2C1. The molecule has 0 aromatic rings. The van der Waals surface area contributed by atoms with Gasteiger partial charge in [0.05, 0.1) is 13.4 Å². The van der Waals surface area contributed by atoms with Crippen LogP contribution in [0.2, 0.25) is 0 Å². The quantitative estimate of drug-likeness (QED) is 0.561. The van der Waals surface area contributed by atoms with E-state index in [-0.39, 0.29) is 0 Å². The molecule has 3 rings (SSSR count). The second kappa shape index (κ2) is 2.76. The molecular formula is C12H18O. The summed E-state index contributed by atoms with van der Waals surface area (Å²) >= 11 is 0. The van der Waals surface area contributed by atoms with Gasteiger partial charge in [0.15, 0.2) is 0 Å². The van der Waals surface area contributed by atoms with Gasteiger partial charge in [0, 0.05) is 0 Å². The van der Waals surface area contributed by atoms with Crippen LogP contribution in [-0.4, -0.2) is 7.11 Å². The van der Waals surface area contributed by atoms with E-state index in [0.717, 1.165) is 23.7 Å². The maximum Gasteiger partial charge on any atom is 0.0816 e. The van der Waals surface area contributed by atoms with Crippen LogP contribution in [0.4, 0.5) is 0 Å². The average molecular weight is 178 g/mol. The monoisotopic (exact) mass is 178 g/mol. The molecule has 0 radical (unpaired) electrons. The molecule has 0 heterocycles. The minimum Gasteiger partial charge on any atom is -0.504 e. The predicted molar refractivity (Wildman–Crippen MR) is 52.1 cm³/mol. The first kappa shape index (κ1) is 7.90. The number of ether oxygens (including phenoxy) is 1. The summed E-state index contributed by atoms with van der Waals surface area (Å²) in [5, 5.41) is 0. The Morgan fingerprint density at radius 2 is 1.77 bits per heavy atom. The van der Waals surface area contributed by atoms with E-state index in [9.17, 15) is 0 Å². The third-order valence-corrected chi connectivity index (χ3v) is 4.55. The van der Waals surface area contributed by atoms with Gasteiger partial charge in [-0.25, -0.2) is 0 Å². The van der Waals surface area contributed by atoms with E-state index < -0.39 is 0 Å². The van der Waals surface area contributed by atoms with E-state index in [1.807, 2.05) is 6.26 Å². The van der Waals surface area contributed by atoms with Crippen molar-refractivity contribution in [3.8, 4) is 0 Å². The van der Waals surface area contributed by atoms with Gasteiger partial charge < -0.3 is 4.74 Å². The molecule has 2 bridgehead atoms. The van der Waals surface area contributed by atoms with Crippen LogP contribution >= 0.6 is 0 Å². The Balaban J connectivity index is 1.79. The highest BCUT2D eigenvalue weighted by atomic mass is 16.5. The first-order chi connectivity index (χ1) is 6.38. The first-order valence-corrected chi connectivity index (χ1v) is 5.59. The summed E-state index contributed by atoms with van der Waals surface area (Å²) in [5.41, 5.74) is 1.58. The molecule has 4 atom stereocenters. The lowest BCUT2D eigenvalue weighted by atomic mass is 9.82. The van der Waals surface area contributed by atoms with Crippen molar-refractivity contribution in [2.75, 3.05) is 7.11 Å². The second-order valence-corrected chi connectivity index (χ2v) is 5.08. The highest BCUT2D eigenvalue weighted by molar-refractivity contribution is 5.15. The zero-order chi connectivity index (χ0) is 8.84. The van der Waals surface area contributed by atoms with Crippen molar-refractivity contribution in [1.29, 1.82) is 0 Å². The molecule has 0 aliphatic heterocycles. The highest BCUT2D eigenvalue weighted by Gasteiger charge is 2.50. The van der Waals surface area contributed by atoms with Gasteiger partial charge in [0.25, 0.3) is 0 Å². The molecule has 3 saturated carbocycles. The van der Waals surface area contributed by atoms with Crippen molar-refractivity contribution in [3.63, 3.8) is 0 Å². The minimum atomic E-state index is 1.04. The summed E-state index contributed by atoms with van der Waals surface area (Å²) in [7, 11) is 1.77. The zero-order valence-electron chi connectivity index (χ0n) is 8.33. The van der Waals surface area contributed by atoms with Crippen molar-refractivity contribution in [3.05, 3.63) is 11.8 Å². The van der Waals surface area contributed by atoms with Crippen LogP contribution in [0.5, 0.6) is 0 Å². The van der Waals surface area contributed by atoms with Gasteiger partial charge in [-0.05, 0) is 61.3 Å². The Morgan fingerprint density at radius 3 is 2.31 bits per heavy atom. The summed E-state index contributed by atoms with van der Waals surface area (Å²) in [6, 6.07) is 0. The van der Waals surface area contributed by atoms with Crippen LogP contribution in [0.25, 0.3) is 0 Å². The molecule has 3 aliphatic carbocycles. The molecule has 1 nitrogen and oxygen atoms in total. The van der Waals surface area contributed by atoms with Crippen molar-refractivity contribution in [2.45, 2.75) is 32.1 Å². The molecule has 0 spiro atoms. The molecule has 72 valence electrons. The minimum absolute atomic E-state index is 1.04. The Hall–Kier alpha value is -0.460. The fourth-order valence-electron chi connectivity index (χ4n) is 4.12. The van der Waals surface area contributed by atoms with Crippen LogP contribution in [0.15, 0.2) is 11.8 Å². The van der Waals surface area contributed by atoms with Crippen LogP contribution in [-0.2, 0) is 4.74 Å². The molecule has 0 unspecified atom stereocenters. The van der Waals surface area contributed by atoms with Crippen LogP contribution in [0, 0.1) is 23.7 Å². The first-order valence-electron chi connectivity index (χ1n) is 5.59. The number of methoxy groups -OCH3 is 1. The van der Waals surface area contributed by atoms with E-state index in [1.165, 1.54) is 25.7 Å². The molecule has 0 N–H and O–H groups in total. The topological polar surface area (TPSA) is 9.23 Å². The van der Waals surface area contributed by atoms with Crippen molar-refractivity contribution in [2.24, 2.45) is 23.7 Å². The molecule has 0 saturated heterocycles. The van der Waals surface area contributed by atoms with Gasteiger partial charge in [-0.2, -0.15) is 0 Å². The van der Waals surface area contributed by atoms with Crippen molar-refractivity contribution < 1.29 is 4.74 Å². The smallest absolute Gasteiger partial charge is 0.0816 e. The summed E-state index contributed by atoms with van der Waals surface area (Å²) in [5.74, 6) is 4.25. The van der Waals surface area contributed by atoms with Gasteiger partial charge in [-0.3, -0.25) is 0 Å². The van der Waals surface area contributed by atoms with E-state index in [0.29, 0.717) is 0 Å². The number of rotatable bonds is 1. The molecule has 1 heteroatoms. The molecule has 3 fully saturated rings. The largest absolute Gasteiger partial charge is 0.504 e. The van der Waals surface area contributed by atoms with Gasteiger partial charge in [0.2, 0.25) is 0 Å². The van der Waals surface area contributed by atoms with Crippen molar-refractivity contribution >= 4 is 0 Å². The number of allylic oxidation sites excluding steroid dienone is 1. The standard InChI is InChI=1S/C12H18O/c1-13-7-8-4-11-9-2-3-10(6-9)12(11)5-8/h7,9-12H,2-6H2,1H3/b8-7-/t9-,10+,11+,12-/m1/s1. The molecule has 0 aromatic carbocycles.